The van der Waals surface area contributed by atoms with Gasteiger partial charge in [0.25, 0.3) is 0 Å². The highest BCUT2D eigenvalue weighted by atomic mass is 32.1. The monoisotopic (exact) mass is 230 g/mol. The van der Waals surface area contributed by atoms with Crippen LogP contribution in [0.3, 0.4) is 0 Å². The van der Waals surface area contributed by atoms with Crippen molar-refractivity contribution in [2.24, 2.45) is 0 Å². The summed E-state index contributed by atoms with van der Waals surface area (Å²) >= 11 is 4.12. The van der Waals surface area contributed by atoms with E-state index in [2.05, 4.69) is 22.4 Å². The normalized spacial score (nSPS) is 28.2. The van der Waals surface area contributed by atoms with Crippen LogP contribution in [-0.4, -0.2) is 67.5 Å². The number of piperazine rings is 1. The molecule has 15 heavy (non-hydrogen) atoms. The van der Waals surface area contributed by atoms with Crippen molar-refractivity contribution in [2.45, 2.75) is 18.9 Å². The molecule has 2 aliphatic rings. The van der Waals surface area contributed by atoms with Crippen LogP contribution in [0.2, 0.25) is 0 Å². The molecule has 0 spiro atoms. The smallest absolute Gasteiger partial charge is 0.0593 e. The van der Waals surface area contributed by atoms with Crippen LogP contribution in [0.15, 0.2) is 0 Å². The van der Waals surface area contributed by atoms with Crippen LogP contribution in [0, 0.1) is 0 Å². The van der Waals surface area contributed by atoms with E-state index in [9.17, 15) is 0 Å². The summed E-state index contributed by atoms with van der Waals surface area (Å²) in [7, 11) is 0. The van der Waals surface area contributed by atoms with E-state index in [1.165, 1.54) is 39.0 Å². The zero-order valence-electron chi connectivity index (χ0n) is 9.40. The largest absolute Gasteiger partial charge is 0.379 e. The molecule has 0 aromatic heterocycles. The van der Waals surface area contributed by atoms with Crippen LogP contribution >= 0.6 is 12.6 Å². The number of nitrogens with zero attached hydrogens (tertiary/aromatic N) is 2. The second-order valence-corrected chi connectivity index (χ2v) is 4.92. The van der Waals surface area contributed by atoms with Crippen LogP contribution in [0.4, 0.5) is 0 Å². The predicted molar refractivity (Wildman–Crippen MR) is 65.7 cm³/mol. The number of hydrogen-bond donors (Lipinski definition) is 1. The fraction of sp³-hybridized carbons (Fsp3) is 1.00. The van der Waals surface area contributed by atoms with Gasteiger partial charge in [-0.25, -0.2) is 0 Å². The summed E-state index contributed by atoms with van der Waals surface area (Å²) in [4.78, 5) is 5.19. The fourth-order valence-corrected chi connectivity index (χ4v) is 2.75. The molecule has 2 aliphatic heterocycles. The van der Waals surface area contributed by atoms with Crippen LogP contribution in [0.25, 0.3) is 0 Å². The van der Waals surface area contributed by atoms with Gasteiger partial charge in [-0.3, -0.25) is 9.80 Å². The lowest BCUT2D eigenvalue weighted by Gasteiger charge is -2.37. The second kappa shape index (κ2) is 6.09. The van der Waals surface area contributed by atoms with Crippen LogP contribution in [0.5, 0.6) is 0 Å². The molecule has 0 aromatic carbocycles. The molecular weight excluding hydrogens is 208 g/mol. The molecule has 2 rings (SSSR count). The third-order valence-electron chi connectivity index (χ3n) is 3.46. The van der Waals surface area contributed by atoms with E-state index >= 15 is 0 Å². The Balaban J connectivity index is 1.62. The Morgan fingerprint density at radius 2 is 2.13 bits per heavy atom. The van der Waals surface area contributed by atoms with Crippen LogP contribution < -0.4 is 0 Å². The van der Waals surface area contributed by atoms with Gasteiger partial charge in [0.15, 0.2) is 0 Å². The van der Waals surface area contributed by atoms with E-state index in [0.717, 1.165) is 31.6 Å². The molecule has 0 N–H and O–H groups in total. The van der Waals surface area contributed by atoms with Gasteiger partial charge in [0.1, 0.15) is 0 Å². The Morgan fingerprint density at radius 1 is 1.20 bits per heavy atom. The summed E-state index contributed by atoms with van der Waals surface area (Å²) < 4.78 is 5.47. The number of rotatable bonds is 5. The molecule has 0 aliphatic carbocycles. The maximum absolute atomic E-state index is 5.47. The Kier molecular flexibility index (Phi) is 4.75. The minimum absolute atomic E-state index is 0.784. The average Bonchev–Trinajstić information content (AvgIpc) is 2.71. The van der Waals surface area contributed by atoms with Gasteiger partial charge >= 0.3 is 0 Å². The molecule has 2 saturated heterocycles. The first-order valence-corrected chi connectivity index (χ1v) is 6.68. The Bertz CT molecular complexity index is 191. The van der Waals surface area contributed by atoms with Gasteiger partial charge in [-0.05, 0) is 19.4 Å². The molecule has 0 bridgehead atoms. The lowest BCUT2D eigenvalue weighted by Crippen LogP contribution is -2.50. The molecule has 0 radical (unpaired) electrons. The summed E-state index contributed by atoms with van der Waals surface area (Å²) in [5.41, 5.74) is 0. The topological polar surface area (TPSA) is 15.7 Å². The molecule has 2 heterocycles. The highest BCUT2D eigenvalue weighted by molar-refractivity contribution is 7.80. The lowest BCUT2D eigenvalue weighted by molar-refractivity contribution is 0.0666. The molecule has 0 aromatic rings. The summed E-state index contributed by atoms with van der Waals surface area (Å²) in [5, 5.41) is 0. The van der Waals surface area contributed by atoms with Crippen molar-refractivity contribution in [3.05, 3.63) is 0 Å². The molecule has 1 unspecified atom stereocenters. The Hall–Kier alpha value is 0.230. The first-order chi connectivity index (χ1) is 7.40. The summed E-state index contributed by atoms with van der Waals surface area (Å²) in [6.45, 7) is 7.81. The second-order valence-electron chi connectivity index (χ2n) is 4.47. The summed E-state index contributed by atoms with van der Waals surface area (Å²) in [5.74, 6) is 0.830. The molecule has 0 amide bonds. The van der Waals surface area contributed by atoms with Gasteiger partial charge < -0.3 is 4.74 Å². The van der Waals surface area contributed by atoms with Crippen molar-refractivity contribution in [2.75, 3.05) is 51.7 Å². The maximum Gasteiger partial charge on any atom is 0.0593 e. The lowest BCUT2D eigenvalue weighted by atomic mass is 10.1. The van der Waals surface area contributed by atoms with Crippen molar-refractivity contribution in [3.63, 3.8) is 0 Å². The fourth-order valence-electron chi connectivity index (χ4n) is 2.62. The van der Waals surface area contributed by atoms with Crippen LogP contribution in [0.1, 0.15) is 12.8 Å². The van der Waals surface area contributed by atoms with Crippen molar-refractivity contribution >= 4 is 12.6 Å². The van der Waals surface area contributed by atoms with E-state index < -0.39 is 0 Å². The Morgan fingerprint density at radius 3 is 3.00 bits per heavy atom. The molecule has 2 fully saturated rings. The van der Waals surface area contributed by atoms with Crippen LogP contribution in [-0.2, 0) is 4.74 Å². The van der Waals surface area contributed by atoms with Gasteiger partial charge in [0.2, 0.25) is 0 Å². The van der Waals surface area contributed by atoms with Gasteiger partial charge in [0.05, 0.1) is 13.2 Å². The third kappa shape index (κ3) is 3.34. The minimum atomic E-state index is 0.784. The van der Waals surface area contributed by atoms with Gasteiger partial charge in [-0.2, -0.15) is 12.6 Å². The van der Waals surface area contributed by atoms with Gasteiger partial charge in [0, 0.05) is 38.0 Å². The number of fused-ring (bicyclic) bond motifs is 1. The molecule has 0 saturated carbocycles. The summed E-state index contributed by atoms with van der Waals surface area (Å²) in [6.07, 6.45) is 2.79. The molecular formula is C11H22N2OS. The van der Waals surface area contributed by atoms with Crippen molar-refractivity contribution in [1.82, 2.24) is 9.80 Å². The highest BCUT2D eigenvalue weighted by Crippen LogP contribution is 2.20. The number of hydrogen-bond acceptors (Lipinski definition) is 4. The van der Waals surface area contributed by atoms with E-state index in [1.54, 1.807) is 0 Å². The van der Waals surface area contributed by atoms with Crippen molar-refractivity contribution in [3.8, 4) is 0 Å². The van der Waals surface area contributed by atoms with E-state index in [0.29, 0.717) is 0 Å². The van der Waals surface area contributed by atoms with E-state index in [1.807, 2.05) is 0 Å². The third-order valence-corrected chi connectivity index (χ3v) is 3.64. The Labute approximate surface area is 98.2 Å². The van der Waals surface area contributed by atoms with Gasteiger partial charge in [-0.1, -0.05) is 0 Å². The highest BCUT2D eigenvalue weighted by Gasteiger charge is 2.29. The standard InChI is InChI=1S/C11H22N2OS/c15-9-8-14-7-6-12-4-5-13-3-1-2-11(13)10-12/h11,15H,1-10H2. The quantitative estimate of drug-likeness (QED) is 0.553. The molecule has 88 valence electrons. The van der Waals surface area contributed by atoms with Crippen molar-refractivity contribution < 1.29 is 4.74 Å². The summed E-state index contributed by atoms with van der Waals surface area (Å²) in [6, 6.07) is 0.837. The molecule has 1 atom stereocenters. The van der Waals surface area contributed by atoms with E-state index in [-0.39, 0.29) is 0 Å². The molecule has 4 heteroatoms. The number of ether oxygens (including phenoxy) is 1. The first-order valence-electron chi connectivity index (χ1n) is 6.05. The first kappa shape index (κ1) is 11.7. The number of thiol groups is 1. The minimum Gasteiger partial charge on any atom is -0.379 e. The maximum atomic E-state index is 5.47. The van der Waals surface area contributed by atoms with Crippen molar-refractivity contribution in [1.29, 1.82) is 0 Å². The zero-order chi connectivity index (χ0) is 10.5. The average molecular weight is 230 g/mol. The van der Waals surface area contributed by atoms with E-state index in [4.69, 9.17) is 4.74 Å². The molecule has 3 nitrogen and oxygen atoms in total. The van der Waals surface area contributed by atoms with Gasteiger partial charge in [-0.15, -0.1) is 0 Å². The zero-order valence-corrected chi connectivity index (χ0v) is 10.3. The SMILES string of the molecule is SCCOCCN1CCN2CCCC2C1. The predicted octanol–water partition coefficient (Wildman–Crippen LogP) is 0.713.